The van der Waals surface area contributed by atoms with Crippen LogP contribution >= 0.6 is 0 Å². The Bertz CT molecular complexity index is 278. The van der Waals surface area contributed by atoms with Gasteiger partial charge in [-0.15, -0.1) is 0 Å². The molecular weight excluding hydrogens is 186 g/mol. The molecule has 0 spiro atoms. The van der Waals surface area contributed by atoms with Crippen LogP contribution in [0.4, 0.5) is 0 Å². The summed E-state index contributed by atoms with van der Waals surface area (Å²) in [6.45, 7) is 7.62. The van der Waals surface area contributed by atoms with Crippen molar-refractivity contribution in [3.8, 4) is 0 Å². The average molecular weight is 209 g/mol. The Morgan fingerprint density at radius 1 is 1.47 bits per heavy atom. The minimum atomic E-state index is 0.499. The van der Waals surface area contributed by atoms with Crippen LogP contribution < -0.4 is 5.32 Å². The summed E-state index contributed by atoms with van der Waals surface area (Å²) in [6.07, 6.45) is 6.41. The average Bonchev–Trinajstić information content (AvgIpc) is 2.65. The Balaban J connectivity index is 2.65. The van der Waals surface area contributed by atoms with Gasteiger partial charge in [-0.25, -0.2) is 4.98 Å². The molecule has 0 saturated heterocycles. The molecule has 1 aromatic rings. The van der Waals surface area contributed by atoms with Crippen LogP contribution in [0.1, 0.15) is 45.4 Å². The first-order chi connectivity index (χ1) is 7.19. The highest BCUT2D eigenvalue weighted by molar-refractivity contribution is 4.98. The van der Waals surface area contributed by atoms with Gasteiger partial charge in [-0.05, 0) is 13.5 Å². The van der Waals surface area contributed by atoms with Crippen molar-refractivity contribution >= 4 is 0 Å². The molecule has 0 radical (unpaired) electrons. The zero-order valence-corrected chi connectivity index (χ0v) is 10.3. The standard InChI is InChI=1S/C12H23N3/c1-5-6-11(13-4)9-15-8-7-14-12(15)10(2)3/h7-8,10-11,13H,5-6,9H2,1-4H3. The van der Waals surface area contributed by atoms with Crippen LogP contribution in [0.3, 0.4) is 0 Å². The predicted octanol–water partition coefficient (Wildman–Crippen LogP) is 2.39. The molecule has 0 aromatic carbocycles. The molecule has 1 rings (SSSR count). The van der Waals surface area contributed by atoms with E-state index in [0.717, 1.165) is 6.54 Å². The predicted molar refractivity (Wildman–Crippen MR) is 64.1 cm³/mol. The van der Waals surface area contributed by atoms with E-state index in [-0.39, 0.29) is 0 Å². The summed E-state index contributed by atoms with van der Waals surface area (Å²) in [6, 6.07) is 0.557. The lowest BCUT2D eigenvalue weighted by Gasteiger charge is -2.18. The summed E-state index contributed by atoms with van der Waals surface area (Å²) < 4.78 is 2.27. The maximum atomic E-state index is 4.40. The van der Waals surface area contributed by atoms with Gasteiger partial charge in [0.2, 0.25) is 0 Å². The number of nitrogens with one attached hydrogen (secondary N) is 1. The molecule has 0 aliphatic rings. The van der Waals surface area contributed by atoms with Crippen LogP contribution in [0.2, 0.25) is 0 Å². The van der Waals surface area contributed by atoms with Gasteiger partial charge in [0.25, 0.3) is 0 Å². The van der Waals surface area contributed by atoms with Crippen molar-refractivity contribution < 1.29 is 0 Å². The third-order valence-corrected chi connectivity index (χ3v) is 2.73. The number of imidazole rings is 1. The lowest BCUT2D eigenvalue weighted by atomic mass is 10.1. The molecule has 1 unspecified atom stereocenters. The molecule has 1 aromatic heterocycles. The first-order valence-electron chi connectivity index (χ1n) is 5.87. The van der Waals surface area contributed by atoms with Crippen LogP contribution in [0.15, 0.2) is 12.4 Å². The maximum Gasteiger partial charge on any atom is 0.111 e. The molecule has 86 valence electrons. The van der Waals surface area contributed by atoms with Crippen molar-refractivity contribution in [2.75, 3.05) is 7.05 Å². The second kappa shape index (κ2) is 5.91. The second-order valence-corrected chi connectivity index (χ2v) is 4.37. The van der Waals surface area contributed by atoms with E-state index in [2.05, 4.69) is 41.8 Å². The molecule has 3 nitrogen and oxygen atoms in total. The molecule has 15 heavy (non-hydrogen) atoms. The van der Waals surface area contributed by atoms with E-state index in [9.17, 15) is 0 Å². The normalized spacial score (nSPS) is 13.4. The summed E-state index contributed by atoms with van der Waals surface area (Å²) in [5.74, 6) is 1.69. The summed E-state index contributed by atoms with van der Waals surface area (Å²) in [5.41, 5.74) is 0. The molecule has 0 aliphatic heterocycles. The van der Waals surface area contributed by atoms with E-state index in [1.165, 1.54) is 18.7 Å². The Hall–Kier alpha value is -0.830. The highest BCUT2D eigenvalue weighted by atomic mass is 15.1. The van der Waals surface area contributed by atoms with Gasteiger partial charge in [-0.1, -0.05) is 27.2 Å². The molecule has 1 atom stereocenters. The van der Waals surface area contributed by atoms with E-state index >= 15 is 0 Å². The molecule has 1 heterocycles. The van der Waals surface area contributed by atoms with Crippen molar-refractivity contribution in [2.45, 2.75) is 52.1 Å². The van der Waals surface area contributed by atoms with Crippen molar-refractivity contribution in [1.82, 2.24) is 14.9 Å². The highest BCUT2D eigenvalue weighted by Gasteiger charge is 2.11. The van der Waals surface area contributed by atoms with E-state index in [1.807, 2.05) is 13.2 Å². The first kappa shape index (κ1) is 12.2. The third-order valence-electron chi connectivity index (χ3n) is 2.73. The topological polar surface area (TPSA) is 29.9 Å². The molecule has 3 heteroatoms. The minimum absolute atomic E-state index is 0.499. The van der Waals surface area contributed by atoms with Gasteiger partial charge in [0.15, 0.2) is 0 Å². The number of hydrogen-bond donors (Lipinski definition) is 1. The summed E-state index contributed by atoms with van der Waals surface area (Å²) in [4.78, 5) is 4.40. The number of nitrogens with zero attached hydrogens (tertiary/aromatic N) is 2. The smallest absolute Gasteiger partial charge is 0.111 e. The van der Waals surface area contributed by atoms with Gasteiger partial charge in [0, 0.05) is 30.9 Å². The van der Waals surface area contributed by atoms with E-state index in [4.69, 9.17) is 0 Å². The lowest BCUT2D eigenvalue weighted by Crippen LogP contribution is -2.30. The number of hydrogen-bond acceptors (Lipinski definition) is 2. The fourth-order valence-corrected chi connectivity index (χ4v) is 1.89. The molecule has 0 amide bonds. The second-order valence-electron chi connectivity index (χ2n) is 4.37. The molecule has 1 N–H and O–H groups in total. The number of likely N-dealkylation sites (N-methyl/N-ethyl adjacent to an activating group) is 1. The van der Waals surface area contributed by atoms with Crippen LogP contribution in [0, 0.1) is 0 Å². The fraction of sp³-hybridized carbons (Fsp3) is 0.750. The zero-order chi connectivity index (χ0) is 11.3. The number of rotatable bonds is 6. The molecule has 0 bridgehead atoms. The number of aromatic nitrogens is 2. The largest absolute Gasteiger partial charge is 0.333 e. The van der Waals surface area contributed by atoms with Gasteiger partial charge in [-0.3, -0.25) is 0 Å². The summed E-state index contributed by atoms with van der Waals surface area (Å²) >= 11 is 0. The van der Waals surface area contributed by atoms with E-state index < -0.39 is 0 Å². The Kier molecular flexibility index (Phi) is 4.82. The summed E-state index contributed by atoms with van der Waals surface area (Å²) in [5, 5.41) is 3.36. The van der Waals surface area contributed by atoms with Crippen molar-refractivity contribution in [3.05, 3.63) is 18.2 Å². The van der Waals surface area contributed by atoms with Crippen molar-refractivity contribution in [1.29, 1.82) is 0 Å². The van der Waals surface area contributed by atoms with Gasteiger partial charge < -0.3 is 9.88 Å². The molecule has 0 saturated carbocycles. The van der Waals surface area contributed by atoms with Crippen molar-refractivity contribution in [3.63, 3.8) is 0 Å². The molecule has 0 aliphatic carbocycles. The quantitative estimate of drug-likeness (QED) is 0.779. The molecule has 0 fully saturated rings. The van der Waals surface area contributed by atoms with Gasteiger partial charge >= 0.3 is 0 Å². The van der Waals surface area contributed by atoms with E-state index in [1.54, 1.807) is 0 Å². The van der Waals surface area contributed by atoms with Crippen LogP contribution in [-0.2, 0) is 6.54 Å². The van der Waals surface area contributed by atoms with Gasteiger partial charge in [0.05, 0.1) is 0 Å². The van der Waals surface area contributed by atoms with E-state index in [0.29, 0.717) is 12.0 Å². The third kappa shape index (κ3) is 3.34. The lowest BCUT2D eigenvalue weighted by molar-refractivity contribution is 0.437. The Labute approximate surface area is 92.9 Å². The van der Waals surface area contributed by atoms with Crippen LogP contribution in [0.25, 0.3) is 0 Å². The van der Waals surface area contributed by atoms with Crippen molar-refractivity contribution in [2.24, 2.45) is 0 Å². The summed E-state index contributed by atoms with van der Waals surface area (Å²) in [7, 11) is 2.03. The van der Waals surface area contributed by atoms with Crippen LogP contribution in [-0.4, -0.2) is 22.6 Å². The van der Waals surface area contributed by atoms with Gasteiger partial charge in [-0.2, -0.15) is 0 Å². The zero-order valence-electron chi connectivity index (χ0n) is 10.3. The highest BCUT2D eigenvalue weighted by Crippen LogP contribution is 2.13. The Morgan fingerprint density at radius 2 is 2.20 bits per heavy atom. The first-order valence-corrected chi connectivity index (χ1v) is 5.87. The minimum Gasteiger partial charge on any atom is -0.333 e. The fourth-order valence-electron chi connectivity index (χ4n) is 1.89. The van der Waals surface area contributed by atoms with Gasteiger partial charge in [0.1, 0.15) is 5.82 Å². The Morgan fingerprint density at radius 3 is 2.73 bits per heavy atom. The maximum absolute atomic E-state index is 4.40. The monoisotopic (exact) mass is 209 g/mol. The molecular formula is C12H23N3. The SMILES string of the molecule is CCCC(Cn1ccnc1C(C)C)NC. The van der Waals surface area contributed by atoms with Crippen LogP contribution in [0.5, 0.6) is 0 Å².